The van der Waals surface area contributed by atoms with Crippen molar-refractivity contribution >= 4 is 5.69 Å². The molecule has 1 atom stereocenters. The van der Waals surface area contributed by atoms with Crippen LogP contribution in [0, 0.1) is 12.7 Å². The Morgan fingerprint density at radius 1 is 1.29 bits per heavy atom. The standard InChI is InChI=1S/C14H19FN2/c1-10-2-5-14(13(15)8-10)16-11-6-7-17(9-11)12-3-4-12/h2,5,8,11-12,16H,3-4,6-7,9H2,1H3. The molecule has 3 rings (SSSR count). The van der Waals surface area contributed by atoms with Gasteiger partial charge in [-0.3, -0.25) is 4.90 Å². The SMILES string of the molecule is Cc1ccc(NC2CCN(C3CC3)C2)c(F)c1. The molecule has 1 aliphatic heterocycles. The van der Waals surface area contributed by atoms with E-state index in [4.69, 9.17) is 0 Å². The maximum absolute atomic E-state index is 13.7. The van der Waals surface area contributed by atoms with Crippen LogP contribution in [0.2, 0.25) is 0 Å². The number of aryl methyl sites for hydroxylation is 1. The summed E-state index contributed by atoms with van der Waals surface area (Å²) in [5, 5.41) is 3.33. The molecule has 1 unspecified atom stereocenters. The van der Waals surface area contributed by atoms with Gasteiger partial charge in [0.15, 0.2) is 0 Å². The Hall–Kier alpha value is -1.09. The Bertz CT molecular complexity index is 415. The maximum Gasteiger partial charge on any atom is 0.146 e. The molecular weight excluding hydrogens is 215 g/mol. The summed E-state index contributed by atoms with van der Waals surface area (Å²) in [5.74, 6) is -0.130. The number of hydrogen-bond acceptors (Lipinski definition) is 2. The largest absolute Gasteiger partial charge is 0.379 e. The topological polar surface area (TPSA) is 15.3 Å². The number of rotatable bonds is 3. The molecule has 0 radical (unpaired) electrons. The van der Waals surface area contributed by atoms with Gasteiger partial charge in [-0.15, -0.1) is 0 Å². The van der Waals surface area contributed by atoms with Gasteiger partial charge in [0.2, 0.25) is 0 Å². The van der Waals surface area contributed by atoms with Gasteiger partial charge >= 0.3 is 0 Å². The first-order valence-corrected chi connectivity index (χ1v) is 6.49. The van der Waals surface area contributed by atoms with Crippen LogP contribution in [0.25, 0.3) is 0 Å². The van der Waals surface area contributed by atoms with Crippen molar-refractivity contribution in [3.63, 3.8) is 0 Å². The van der Waals surface area contributed by atoms with Gasteiger partial charge in [0, 0.05) is 25.2 Å². The van der Waals surface area contributed by atoms with Crippen LogP contribution in [0.4, 0.5) is 10.1 Å². The number of likely N-dealkylation sites (tertiary alicyclic amines) is 1. The zero-order valence-corrected chi connectivity index (χ0v) is 10.2. The minimum absolute atomic E-state index is 0.130. The van der Waals surface area contributed by atoms with E-state index < -0.39 is 0 Å². The van der Waals surface area contributed by atoms with Gasteiger partial charge < -0.3 is 5.32 Å². The molecule has 0 bridgehead atoms. The summed E-state index contributed by atoms with van der Waals surface area (Å²) in [6.07, 6.45) is 3.83. The van der Waals surface area contributed by atoms with E-state index in [0.717, 1.165) is 31.1 Å². The van der Waals surface area contributed by atoms with Crippen LogP contribution in [0.5, 0.6) is 0 Å². The molecule has 1 N–H and O–H groups in total. The predicted molar refractivity (Wildman–Crippen MR) is 67.8 cm³/mol. The van der Waals surface area contributed by atoms with E-state index in [1.54, 1.807) is 6.07 Å². The highest BCUT2D eigenvalue weighted by Gasteiger charge is 2.34. The summed E-state index contributed by atoms with van der Waals surface area (Å²) in [6.45, 7) is 4.14. The van der Waals surface area contributed by atoms with Gasteiger partial charge in [0.25, 0.3) is 0 Å². The van der Waals surface area contributed by atoms with Crippen molar-refractivity contribution in [2.45, 2.75) is 38.3 Å². The van der Waals surface area contributed by atoms with E-state index in [9.17, 15) is 4.39 Å². The Morgan fingerprint density at radius 3 is 2.82 bits per heavy atom. The fourth-order valence-corrected chi connectivity index (χ4v) is 2.63. The fourth-order valence-electron chi connectivity index (χ4n) is 2.63. The number of anilines is 1. The van der Waals surface area contributed by atoms with Crippen LogP contribution in [0.1, 0.15) is 24.8 Å². The molecule has 0 amide bonds. The van der Waals surface area contributed by atoms with Crippen molar-refractivity contribution < 1.29 is 4.39 Å². The number of nitrogens with one attached hydrogen (secondary N) is 1. The van der Waals surface area contributed by atoms with Crippen molar-refractivity contribution in [1.29, 1.82) is 0 Å². The fraction of sp³-hybridized carbons (Fsp3) is 0.571. The zero-order valence-electron chi connectivity index (χ0n) is 10.2. The van der Waals surface area contributed by atoms with Gasteiger partial charge in [0.1, 0.15) is 5.82 Å². The Labute approximate surface area is 102 Å². The second-order valence-corrected chi connectivity index (χ2v) is 5.34. The van der Waals surface area contributed by atoms with Crippen molar-refractivity contribution in [2.24, 2.45) is 0 Å². The summed E-state index contributed by atoms with van der Waals surface area (Å²) in [6, 6.07) is 6.64. The summed E-state index contributed by atoms with van der Waals surface area (Å²) in [5.41, 5.74) is 1.62. The molecule has 3 heteroatoms. The molecule has 0 aromatic heterocycles. The maximum atomic E-state index is 13.7. The van der Waals surface area contributed by atoms with Crippen LogP contribution < -0.4 is 5.32 Å². The highest BCUT2D eigenvalue weighted by molar-refractivity contribution is 5.47. The van der Waals surface area contributed by atoms with Crippen LogP contribution >= 0.6 is 0 Å². The molecular formula is C14H19FN2. The number of benzene rings is 1. The minimum Gasteiger partial charge on any atom is -0.379 e. The summed E-state index contributed by atoms with van der Waals surface area (Å²) >= 11 is 0. The van der Waals surface area contributed by atoms with Gasteiger partial charge in [-0.2, -0.15) is 0 Å². The summed E-state index contributed by atoms with van der Waals surface area (Å²) < 4.78 is 13.7. The molecule has 2 aliphatic rings. The summed E-state index contributed by atoms with van der Waals surface area (Å²) in [4.78, 5) is 2.53. The average Bonchev–Trinajstić information content (AvgIpc) is 3.04. The van der Waals surface area contributed by atoms with E-state index in [-0.39, 0.29) is 5.82 Å². The van der Waals surface area contributed by atoms with Crippen molar-refractivity contribution in [2.75, 3.05) is 18.4 Å². The Balaban J connectivity index is 1.63. The average molecular weight is 234 g/mol. The van der Waals surface area contributed by atoms with Crippen LogP contribution in [-0.2, 0) is 0 Å². The lowest BCUT2D eigenvalue weighted by atomic mass is 10.2. The molecule has 1 aromatic rings. The third kappa shape index (κ3) is 2.44. The Kier molecular flexibility index (Phi) is 2.79. The van der Waals surface area contributed by atoms with Crippen molar-refractivity contribution in [3.8, 4) is 0 Å². The van der Waals surface area contributed by atoms with Crippen LogP contribution in [-0.4, -0.2) is 30.1 Å². The van der Waals surface area contributed by atoms with Gasteiger partial charge in [-0.1, -0.05) is 6.07 Å². The molecule has 92 valence electrons. The monoisotopic (exact) mass is 234 g/mol. The van der Waals surface area contributed by atoms with Crippen molar-refractivity contribution in [3.05, 3.63) is 29.6 Å². The second-order valence-electron chi connectivity index (χ2n) is 5.34. The lowest BCUT2D eigenvalue weighted by molar-refractivity contribution is 0.326. The van der Waals surface area contributed by atoms with Gasteiger partial charge in [0.05, 0.1) is 5.69 Å². The molecule has 17 heavy (non-hydrogen) atoms. The lowest BCUT2D eigenvalue weighted by Crippen LogP contribution is -2.27. The van der Waals surface area contributed by atoms with E-state index in [0.29, 0.717) is 11.7 Å². The first-order valence-electron chi connectivity index (χ1n) is 6.49. The zero-order chi connectivity index (χ0) is 11.8. The molecule has 2 nitrogen and oxygen atoms in total. The van der Waals surface area contributed by atoms with Gasteiger partial charge in [-0.25, -0.2) is 4.39 Å². The van der Waals surface area contributed by atoms with Crippen LogP contribution in [0.3, 0.4) is 0 Å². The molecule has 1 saturated heterocycles. The summed E-state index contributed by atoms with van der Waals surface area (Å²) in [7, 11) is 0. The van der Waals surface area contributed by atoms with E-state index >= 15 is 0 Å². The quantitative estimate of drug-likeness (QED) is 0.865. The third-order valence-corrected chi connectivity index (χ3v) is 3.77. The first kappa shape index (κ1) is 11.0. The predicted octanol–water partition coefficient (Wildman–Crippen LogP) is 2.78. The van der Waals surface area contributed by atoms with Gasteiger partial charge in [-0.05, 0) is 43.9 Å². The van der Waals surface area contributed by atoms with E-state index in [1.807, 2.05) is 19.1 Å². The van der Waals surface area contributed by atoms with Crippen molar-refractivity contribution in [1.82, 2.24) is 4.90 Å². The molecule has 0 spiro atoms. The molecule has 1 saturated carbocycles. The van der Waals surface area contributed by atoms with Crippen LogP contribution in [0.15, 0.2) is 18.2 Å². The molecule has 1 heterocycles. The third-order valence-electron chi connectivity index (χ3n) is 3.77. The minimum atomic E-state index is -0.130. The number of nitrogens with zero attached hydrogens (tertiary/aromatic N) is 1. The molecule has 2 fully saturated rings. The number of halogens is 1. The van der Waals surface area contributed by atoms with E-state index in [1.165, 1.54) is 12.8 Å². The lowest BCUT2D eigenvalue weighted by Gasteiger charge is -2.17. The Morgan fingerprint density at radius 2 is 2.12 bits per heavy atom. The smallest absolute Gasteiger partial charge is 0.146 e. The molecule has 1 aromatic carbocycles. The second kappa shape index (κ2) is 4.30. The highest BCUT2D eigenvalue weighted by Crippen LogP contribution is 2.30. The van der Waals surface area contributed by atoms with E-state index in [2.05, 4.69) is 10.2 Å². The first-order chi connectivity index (χ1) is 8.22. The number of hydrogen-bond donors (Lipinski definition) is 1. The molecule has 1 aliphatic carbocycles. The highest BCUT2D eigenvalue weighted by atomic mass is 19.1. The normalized spacial score (nSPS) is 25.2.